The molecule has 2 heterocycles. The average Bonchev–Trinajstić information content (AvgIpc) is 3.06. The van der Waals surface area contributed by atoms with Crippen molar-refractivity contribution in [2.24, 2.45) is 0 Å². The number of aromatic carboxylic acids is 1. The van der Waals surface area contributed by atoms with Crippen molar-refractivity contribution in [3.8, 4) is 0 Å². The molecule has 1 amide bonds. The molecule has 0 bridgehead atoms. The topological polar surface area (TPSA) is 57.6 Å². The highest BCUT2D eigenvalue weighted by atomic mass is 32.1. The molecule has 1 atom stereocenters. The Hall–Kier alpha value is -2.14. The number of carbonyl (C=O) groups excluding carboxylic acids is 1. The zero-order valence-electron chi connectivity index (χ0n) is 12.3. The predicted octanol–water partition coefficient (Wildman–Crippen LogP) is 3.13. The summed E-state index contributed by atoms with van der Waals surface area (Å²) in [4.78, 5) is 26.6. The fourth-order valence-corrected chi connectivity index (χ4v) is 3.59. The molecule has 114 valence electrons. The van der Waals surface area contributed by atoms with Crippen LogP contribution in [0.5, 0.6) is 0 Å². The van der Waals surface area contributed by atoms with E-state index in [-0.39, 0.29) is 17.4 Å². The maximum atomic E-state index is 12.6. The minimum Gasteiger partial charge on any atom is -0.478 e. The maximum absolute atomic E-state index is 12.6. The van der Waals surface area contributed by atoms with Gasteiger partial charge < -0.3 is 10.0 Å². The molecule has 0 fully saturated rings. The zero-order chi connectivity index (χ0) is 15.7. The van der Waals surface area contributed by atoms with Crippen molar-refractivity contribution in [2.45, 2.75) is 25.8 Å². The number of amides is 1. The number of benzene rings is 1. The maximum Gasteiger partial charge on any atom is 0.335 e. The van der Waals surface area contributed by atoms with E-state index in [1.54, 1.807) is 23.5 Å². The lowest BCUT2D eigenvalue weighted by Crippen LogP contribution is -2.38. The highest BCUT2D eigenvalue weighted by molar-refractivity contribution is 7.10. The van der Waals surface area contributed by atoms with Crippen LogP contribution in [0.3, 0.4) is 0 Å². The van der Waals surface area contributed by atoms with Gasteiger partial charge >= 0.3 is 5.97 Å². The second-order valence-corrected chi connectivity index (χ2v) is 6.51. The molecule has 4 nitrogen and oxygen atoms in total. The van der Waals surface area contributed by atoms with E-state index < -0.39 is 5.97 Å². The number of thiophene rings is 1. The first kappa shape index (κ1) is 14.8. The SMILES string of the molecule is CC(C(=O)N1CCc2ccc(C(=O)O)cc2C1)c1cccs1. The molecule has 3 rings (SSSR count). The van der Waals surface area contributed by atoms with Crippen LogP contribution in [0.15, 0.2) is 35.7 Å². The van der Waals surface area contributed by atoms with Crippen molar-refractivity contribution in [1.29, 1.82) is 0 Å². The van der Waals surface area contributed by atoms with Crippen LogP contribution in [0.2, 0.25) is 0 Å². The van der Waals surface area contributed by atoms with Gasteiger partial charge in [-0.2, -0.15) is 0 Å². The summed E-state index contributed by atoms with van der Waals surface area (Å²) in [6.45, 7) is 3.11. The van der Waals surface area contributed by atoms with E-state index in [0.29, 0.717) is 13.1 Å². The van der Waals surface area contributed by atoms with Gasteiger partial charge in [0.25, 0.3) is 0 Å². The smallest absolute Gasteiger partial charge is 0.335 e. The lowest BCUT2D eigenvalue weighted by atomic mass is 9.96. The molecule has 0 aliphatic carbocycles. The highest BCUT2D eigenvalue weighted by Gasteiger charge is 2.26. The lowest BCUT2D eigenvalue weighted by Gasteiger charge is -2.31. The third kappa shape index (κ3) is 2.76. The Morgan fingerprint density at radius 1 is 1.27 bits per heavy atom. The van der Waals surface area contributed by atoms with E-state index >= 15 is 0 Å². The Bertz CT molecular complexity index is 709. The second-order valence-electron chi connectivity index (χ2n) is 5.54. The van der Waals surface area contributed by atoms with Crippen LogP contribution in [-0.4, -0.2) is 28.4 Å². The van der Waals surface area contributed by atoms with Crippen LogP contribution in [0.1, 0.15) is 39.2 Å². The van der Waals surface area contributed by atoms with Gasteiger partial charge in [0.15, 0.2) is 0 Å². The molecule has 1 aliphatic heterocycles. The minimum atomic E-state index is -0.932. The normalized spacial score (nSPS) is 15.2. The third-order valence-corrected chi connectivity index (χ3v) is 5.17. The van der Waals surface area contributed by atoms with E-state index in [1.807, 2.05) is 35.4 Å². The van der Waals surface area contributed by atoms with Crippen LogP contribution in [-0.2, 0) is 17.8 Å². The summed E-state index contributed by atoms with van der Waals surface area (Å²) in [5, 5.41) is 11.1. The second kappa shape index (κ2) is 5.93. The van der Waals surface area contributed by atoms with E-state index in [2.05, 4.69) is 0 Å². The number of rotatable bonds is 3. The molecule has 1 N–H and O–H groups in total. The van der Waals surface area contributed by atoms with Gasteiger partial charge in [-0.25, -0.2) is 4.79 Å². The van der Waals surface area contributed by atoms with Gasteiger partial charge in [0.1, 0.15) is 0 Å². The molecule has 1 aromatic heterocycles. The van der Waals surface area contributed by atoms with Gasteiger partial charge in [-0.3, -0.25) is 4.79 Å². The fourth-order valence-electron chi connectivity index (χ4n) is 2.81. The first-order valence-corrected chi connectivity index (χ1v) is 8.11. The van der Waals surface area contributed by atoms with Crippen LogP contribution < -0.4 is 0 Å². The van der Waals surface area contributed by atoms with Gasteiger partial charge in [-0.1, -0.05) is 12.1 Å². The molecule has 0 saturated heterocycles. The van der Waals surface area contributed by atoms with E-state index in [4.69, 9.17) is 5.11 Å². The van der Waals surface area contributed by atoms with Crippen LogP contribution >= 0.6 is 11.3 Å². The summed E-state index contributed by atoms with van der Waals surface area (Å²) in [5.41, 5.74) is 2.36. The molecule has 1 unspecified atom stereocenters. The first-order chi connectivity index (χ1) is 10.6. The standard InChI is InChI=1S/C17H17NO3S/c1-11(15-3-2-8-22-15)16(19)18-7-6-12-4-5-13(17(20)21)9-14(12)10-18/h2-5,8-9,11H,6-7,10H2,1H3,(H,20,21). The van der Waals surface area contributed by atoms with E-state index in [1.165, 1.54) is 0 Å². The highest BCUT2D eigenvalue weighted by Crippen LogP contribution is 2.26. The van der Waals surface area contributed by atoms with E-state index in [0.717, 1.165) is 22.4 Å². The van der Waals surface area contributed by atoms with Gasteiger partial charge in [-0.05, 0) is 48.1 Å². The summed E-state index contributed by atoms with van der Waals surface area (Å²) in [5.74, 6) is -0.976. The summed E-state index contributed by atoms with van der Waals surface area (Å²) in [6.07, 6.45) is 0.776. The monoisotopic (exact) mass is 315 g/mol. The van der Waals surface area contributed by atoms with Crippen LogP contribution in [0.25, 0.3) is 0 Å². The lowest BCUT2D eigenvalue weighted by molar-refractivity contribution is -0.133. The Balaban J connectivity index is 1.80. The summed E-state index contributed by atoms with van der Waals surface area (Å²) in [7, 11) is 0. The molecular weight excluding hydrogens is 298 g/mol. The van der Waals surface area contributed by atoms with Crippen molar-refractivity contribution < 1.29 is 14.7 Å². The molecule has 0 spiro atoms. The number of fused-ring (bicyclic) bond motifs is 1. The minimum absolute atomic E-state index is 0.105. The van der Waals surface area contributed by atoms with Crippen molar-refractivity contribution in [3.05, 3.63) is 57.3 Å². The number of hydrogen-bond donors (Lipinski definition) is 1. The Morgan fingerprint density at radius 3 is 2.77 bits per heavy atom. The first-order valence-electron chi connectivity index (χ1n) is 7.23. The van der Waals surface area contributed by atoms with Gasteiger partial charge in [0.2, 0.25) is 5.91 Å². The molecule has 0 radical (unpaired) electrons. The summed E-state index contributed by atoms with van der Waals surface area (Å²) < 4.78 is 0. The molecule has 2 aromatic rings. The van der Waals surface area contributed by atoms with Gasteiger partial charge in [-0.15, -0.1) is 11.3 Å². The Kier molecular flexibility index (Phi) is 3.98. The molecule has 1 aliphatic rings. The fraction of sp³-hybridized carbons (Fsp3) is 0.294. The van der Waals surface area contributed by atoms with Crippen LogP contribution in [0, 0.1) is 0 Å². The van der Waals surface area contributed by atoms with Crippen molar-refractivity contribution >= 4 is 23.2 Å². The summed E-state index contributed by atoms with van der Waals surface area (Å²) >= 11 is 1.59. The average molecular weight is 315 g/mol. The molecule has 5 heteroatoms. The number of nitrogens with zero attached hydrogens (tertiary/aromatic N) is 1. The van der Waals surface area contributed by atoms with Crippen molar-refractivity contribution in [3.63, 3.8) is 0 Å². The number of carboxylic acid groups (broad SMARTS) is 1. The van der Waals surface area contributed by atoms with Gasteiger partial charge in [0, 0.05) is 18.0 Å². The van der Waals surface area contributed by atoms with Crippen LogP contribution in [0.4, 0.5) is 0 Å². The largest absolute Gasteiger partial charge is 0.478 e. The van der Waals surface area contributed by atoms with E-state index in [9.17, 15) is 9.59 Å². The molecule has 0 saturated carbocycles. The zero-order valence-corrected chi connectivity index (χ0v) is 13.1. The third-order valence-electron chi connectivity index (χ3n) is 4.12. The molecule has 1 aromatic carbocycles. The number of hydrogen-bond acceptors (Lipinski definition) is 3. The summed E-state index contributed by atoms with van der Waals surface area (Å²) in [6, 6.07) is 9.12. The molecular formula is C17H17NO3S. The number of carboxylic acids is 1. The Morgan fingerprint density at radius 2 is 2.09 bits per heavy atom. The quantitative estimate of drug-likeness (QED) is 0.946. The molecule has 22 heavy (non-hydrogen) atoms. The Labute approximate surface area is 133 Å². The van der Waals surface area contributed by atoms with Crippen molar-refractivity contribution in [2.75, 3.05) is 6.54 Å². The predicted molar refractivity (Wildman–Crippen MR) is 85.3 cm³/mol. The van der Waals surface area contributed by atoms with Crippen molar-refractivity contribution in [1.82, 2.24) is 4.90 Å². The van der Waals surface area contributed by atoms with Gasteiger partial charge in [0.05, 0.1) is 11.5 Å². The number of carbonyl (C=O) groups is 2.